The van der Waals surface area contributed by atoms with Crippen molar-refractivity contribution in [2.75, 3.05) is 19.8 Å². The Bertz CT molecular complexity index is 711. The summed E-state index contributed by atoms with van der Waals surface area (Å²) in [5, 5.41) is 70.5. The van der Waals surface area contributed by atoms with Crippen LogP contribution in [0.15, 0.2) is 11.8 Å². The molecule has 0 aromatic rings. The number of esters is 1. The smallest absolute Gasteiger partial charge is 0.309 e. The highest BCUT2D eigenvalue weighted by Crippen LogP contribution is 2.49. The van der Waals surface area contributed by atoms with Crippen molar-refractivity contribution in [3.63, 3.8) is 0 Å². The summed E-state index contributed by atoms with van der Waals surface area (Å²) in [6, 6.07) is 0. The maximum Gasteiger partial charge on any atom is 0.309 e. The Labute approximate surface area is 191 Å². The Morgan fingerprint density at radius 2 is 1.85 bits per heavy atom. The third-order valence-electron chi connectivity index (χ3n) is 6.53. The zero-order chi connectivity index (χ0) is 24.5. The minimum atomic E-state index is -1.99. The van der Waals surface area contributed by atoms with Crippen molar-refractivity contribution in [3.8, 4) is 0 Å². The van der Waals surface area contributed by atoms with Crippen molar-refractivity contribution in [2.24, 2.45) is 17.8 Å². The molecule has 12 nitrogen and oxygen atoms in total. The van der Waals surface area contributed by atoms with Gasteiger partial charge >= 0.3 is 5.97 Å². The van der Waals surface area contributed by atoms with Gasteiger partial charge in [-0.05, 0) is 17.9 Å². The van der Waals surface area contributed by atoms with Crippen LogP contribution in [0.2, 0.25) is 0 Å². The van der Waals surface area contributed by atoms with Gasteiger partial charge in [-0.2, -0.15) is 0 Å². The molecular weight excluding hydrogens is 444 g/mol. The molecule has 10 atom stereocenters. The summed E-state index contributed by atoms with van der Waals surface area (Å²) in [7, 11) is 0. The molecule has 12 heteroatoms. The van der Waals surface area contributed by atoms with Crippen molar-refractivity contribution in [2.45, 2.75) is 75.4 Å². The van der Waals surface area contributed by atoms with Gasteiger partial charge in [0.1, 0.15) is 30.0 Å². The zero-order valence-corrected chi connectivity index (χ0v) is 18.6. The van der Waals surface area contributed by atoms with Crippen LogP contribution >= 0.6 is 0 Å². The Hall–Kier alpha value is -1.35. The van der Waals surface area contributed by atoms with E-state index in [-0.39, 0.29) is 25.4 Å². The molecule has 0 amide bonds. The summed E-state index contributed by atoms with van der Waals surface area (Å²) in [5.74, 6) is -2.12. The molecule has 1 saturated carbocycles. The highest BCUT2D eigenvalue weighted by molar-refractivity contribution is 5.69. The van der Waals surface area contributed by atoms with Gasteiger partial charge in [-0.25, -0.2) is 0 Å². The van der Waals surface area contributed by atoms with Crippen molar-refractivity contribution in [1.82, 2.24) is 0 Å². The molecule has 3 aliphatic rings. The molecule has 190 valence electrons. The van der Waals surface area contributed by atoms with E-state index in [0.717, 1.165) is 0 Å². The Morgan fingerprint density at radius 1 is 1.15 bits per heavy atom. The Balaban J connectivity index is 1.75. The first-order valence-corrected chi connectivity index (χ1v) is 11.0. The van der Waals surface area contributed by atoms with Gasteiger partial charge in [0.25, 0.3) is 0 Å². The normalized spacial score (nSPS) is 43.1. The molecule has 3 rings (SSSR count). The molecule has 1 aliphatic carbocycles. The van der Waals surface area contributed by atoms with E-state index >= 15 is 0 Å². The fourth-order valence-corrected chi connectivity index (χ4v) is 4.64. The second kappa shape index (κ2) is 10.5. The van der Waals surface area contributed by atoms with Gasteiger partial charge in [0.05, 0.1) is 38.1 Å². The molecule has 2 fully saturated rings. The first-order valence-electron chi connectivity index (χ1n) is 11.0. The minimum absolute atomic E-state index is 0.0210. The van der Waals surface area contributed by atoms with Crippen LogP contribution in [0.3, 0.4) is 0 Å². The lowest BCUT2D eigenvalue weighted by atomic mass is 9.80. The highest BCUT2D eigenvalue weighted by Gasteiger charge is 2.60. The molecule has 33 heavy (non-hydrogen) atoms. The minimum Gasteiger partial charge on any atom is -0.462 e. The number of carbonyl (C=O) groups is 1. The van der Waals surface area contributed by atoms with Crippen LogP contribution in [0.1, 0.15) is 26.7 Å². The summed E-state index contributed by atoms with van der Waals surface area (Å²) in [4.78, 5) is 12.2. The van der Waals surface area contributed by atoms with Crippen molar-refractivity contribution in [1.29, 1.82) is 0 Å². The quantitative estimate of drug-likeness (QED) is 0.179. The SMILES string of the molecule is CC(C)CC(=O)O[C@@H]1OC=C(CO[C@@H]2O[C@H](CO)[C@@H](O)[C@H](O)[C@H]2O)[C@H]2C[C@@H](O)[C@](O)(CO)[C@@H]12. The molecule has 0 spiro atoms. The molecule has 2 aliphatic heterocycles. The zero-order valence-electron chi connectivity index (χ0n) is 18.6. The monoisotopic (exact) mass is 478 g/mol. The highest BCUT2D eigenvalue weighted by atomic mass is 16.7. The summed E-state index contributed by atoms with van der Waals surface area (Å²) in [6.45, 7) is 2.04. The molecule has 2 heterocycles. The van der Waals surface area contributed by atoms with Crippen LogP contribution in [0.25, 0.3) is 0 Å². The standard InChI is InChI=1S/C21H34O12/c1-9(2)3-14(25)33-19-15-11(4-13(24)21(15,29)8-23)10(6-30-19)7-31-20-18(28)17(27)16(26)12(5-22)32-20/h6,9,11-13,15-20,22-24,26-29H,3-5,7-8H2,1-2H3/t11-,12-,13-,15-,16-,17+,18-,19+,20-,21-/m1/s1. The average molecular weight is 478 g/mol. The topological polar surface area (TPSA) is 196 Å². The van der Waals surface area contributed by atoms with Gasteiger partial charge in [0.15, 0.2) is 6.29 Å². The van der Waals surface area contributed by atoms with E-state index in [4.69, 9.17) is 18.9 Å². The molecule has 0 aromatic heterocycles. The van der Waals surface area contributed by atoms with Crippen molar-refractivity contribution < 1.29 is 59.5 Å². The predicted octanol–water partition coefficient (Wildman–Crippen LogP) is -2.65. The van der Waals surface area contributed by atoms with E-state index in [0.29, 0.717) is 5.57 Å². The van der Waals surface area contributed by atoms with Gasteiger partial charge in [-0.1, -0.05) is 13.8 Å². The molecule has 0 radical (unpaired) electrons. The van der Waals surface area contributed by atoms with Crippen LogP contribution in [-0.4, -0.2) is 110 Å². The molecule has 0 bridgehead atoms. The number of aliphatic hydroxyl groups excluding tert-OH is 6. The molecule has 0 aromatic carbocycles. The average Bonchev–Trinajstić information content (AvgIpc) is 3.03. The fraction of sp³-hybridized carbons (Fsp3) is 0.857. The summed E-state index contributed by atoms with van der Waals surface area (Å²) < 4.78 is 21.8. The number of rotatable bonds is 8. The van der Waals surface area contributed by atoms with Gasteiger partial charge in [0.2, 0.25) is 6.29 Å². The summed E-state index contributed by atoms with van der Waals surface area (Å²) in [6.07, 6.45) is -8.43. The lowest BCUT2D eigenvalue weighted by Gasteiger charge is -2.41. The van der Waals surface area contributed by atoms with Crippen LogP contribution in [0.5, 0.6) is 0 Å². The third-order valence-corrected chi connectivity index (χ3v) is 6.53. The number of carbonyl (C=O) groups excluding carboxylic acids is 1. The second-order valence-electron chi connectivity index (χ2n) is 9.33. The maximum atomic E-state index is 12.2. The van der Waals surface area contributed by atoms with Gasteiger partial charge in [0, 0.05) is 12.3 Å². The van der Waals surface area contributed by atoms with Crippen LogP contribution in [0.4, 0.5) is 0 Å². The summed E-state index contributed by atoms with van der Waals surface area (Å²) in [5.41, 5.74) is -1.56. The van der Waals surface area contributed by atoms with E-state index in [2.05, 4.69) is 0 Å². The van der Waals surface area contributed by atoms with Crippen LogP contribution in [-0.2, 0) is 23.7 Å². The third kappa shape index (κ3) is 5.19. The lowest BCUT2D eigenvalue weighted by Crippen LogP contribution is -2.59. The first kappa shape index (κ1) is 26.3. The second-order valence-corrected chi connectivity index (χ2v) is 9.33. The lowest BCUT2D eigenvalue weighted by molar-refractivity contribution is -0.299. The van der Waals surface area contributed by atoms with Crippen molar-refractivity contribution >= 4 is 5.97 Å². The van der Waals surface area contributed by atoms with E-state index in [1.54, 1.807) is 0 Å². The van der Waals surface area contributed by atoms with E-state index in [9.17, 15) is 40.5 Å². The first-order chi connectivity index (χ1) is 15.5. The number of hydrogen-bond acceptors (Lipinski definition) is 12. The van der Waals surface area contributed by atoms with Gasteiger partial charge in [-0.15, -0.1) is 0 Å². The van der Waals surface area contributed by atoms with Crippen molar-refractivity contribution in [3.05, 3.63) is 11.8 Å². The van der Waals surface area contributed by atoms with Gasteiger partial charge < -0.3 is 54.7 Å². The van der Waals surface area contributed by atoms with Crippen LogP contribution < -0.4 is 0 Å². The molecule has 0 unspecified atom stereocenters. The maximum absolute atomic E-state index is 12.2. The molecular formula is C21H34O12. The Kier molecular flexibility index (Phi) is 8.36. The molecule has 7 N–H and O–H groups in total. The Morgan fingerprint density at radius 3 is 2.45 bits per heavy atom. The number of hydrogen-bond donors (Lipinski definition) is 7. The van der Waals surface area contributed by atoms with E-state index in [1.807, 2.05) is 13.8 Å². The van der Waals surface area contributed by atoms with Gasteiger partial charge in [-0.3, -0.25) is 4.79 Å². The number of ether oxygens (including phenoxy) is 4. The van der Waals surface area contributed by atoms with E-state index in [1.165, 1.54) is 6.26 Å². The van der Waals surface area contributed by atoms with Crippen LogP contribution in [0, 0.1) is 17.8 Å². The predicted molar refractivity (Wildman–Crippen MR) is 108 cm³/mol. The number of fused-ring (bicyclic) bond motifs is 1. The largest absolute Gasteiger partial charge is 0.462 e. The number of aliphatic hydroxyl groups is 7. The molecule has 1 saturated heterocycles. The summed E-state index contributed by atoms with van der Waals surface area (Å²) >= 11 is 0. The fourth-order valence-electron chi connectivity index (χ4n) is 4.64. The van der Waals surface area contributed by atoms with E-state index < -0.39 is 79.7 Å².